The molecule has 0 radical (unpaired) electrons. The Hall–Kier alpha value is -0.940. The number of esters is 1. The number of hydrogen-bond acceptors (Lipinski definition) is 3. The second-order valence-corrected chi connectivity index (χ2v) is 5.81. The molecule has 110 valence electrons. The van der Waals surface area contributed by atoms with Crippen LogP contribution in [0.25, 0.3) is 0 Å². The number of carbonyl (C=O) groups excluding carboxylic acids is 1. The van der Waals surface area contributed by atoms with E-state index in [1.807, 2.05) is 13.0 Å². The first-order chi connectivity index (χ1) is 9.61. The van der Waals surface area contributed by atoms with Gasteiger partial charge in [-0.25, -0.2) is 4.39 Å². The monoisotopic (exact) mass is 343 g/mol. The predicted octanol–water partition coefficient (Wildman–Crippen LogP) is 3.36. The van der Waals surface area contributed by atoms with Crippen molar-refractivity contribution in [2.75, 3.05) is 19.7 Å². The summed E-state index contributed by atoms with van der Waals surface area (Å²) in [7, 11) is 0. The molecule has 1 aromatic carbocycles. The third-order valence-electron chi connectivity index (χ3n) is 3.63. The maximum absolute atomic E-state index is 13.5. The molecule has 2 rings (SSSR count). The van der Waals surface area contributed by atoms with Crippen molar-refractivity contribution in [2.24, 2.45) is 5.92 Å². The van der Waals surface area contributed by atoms with Crippen LogP contribution in [-0.4, -0.2) is 30.6 Å². The molecule has 1 fully saturated rings. The molecule has 1 aliphatic heterocycles. The summed E-state index contributed by atoms with van der Waals surface area (Å²) >= 11 is 3.29. The molecule has 0 N–H and O–H groups in total. The minimum atomic E-state index is -0.232. The van der Waals surface area contributed by atoms with Gasteiger partial charge in [0, 0.05) is 6.54 Å². The van der Waals surface area contributed by atoms with Gasteiger partial charge >= 0.3 is 5.97 Å². The first-order valence-electron chi connectivity index (χ1n) is 6.93. The Bertz CT molecular complexity index is 473. The molecular weight excluding hydrogens is 325 g/mol. The summed E-state index contributed by atoms with van der Waals surface area (Å²) in [6.45, 7) is 4.65. The zero-order valence-corrected chi connectivity index (χ0v) is 13.2. The smallest absolute Gasteiger partial charge is 0.309 e. The van der Waals surface area contributed by atoms with E-state index in [0.29, 0.717) is 17.6 Å². The first kappa shape index (κ1) is 15.4. The summed E-state index contributed by atoms with van der Waals surface area (Å²) in [4.78, 5) is 13.9. The molecule has 0 amide bonds. The number of benzene rings is 1. The Morgan fingerprint density at radius 3 is 2.80 bits per heavy atom. The lowest BCUT2D eigenvalue weighted by Crippen LogP contribution is -2.36. The van der Waals surface area contributed by atoms with Crippen molar-refractivity contribution < 1.29 is 13.9 Å². The van der Waals surface area contributed by atoms with E-state index >= 15 is 0 Å². The van der Waals surface area contributed by atoms with Crippen molar-refractivity contribution in [1.82, 2.24) is 4.90 Å². The van der Waals surface area contributed by atoms with E-state index in [1.165, 1.54) is 6.07 Å². The van der Waals surface area contributed by atoms with Crippen molar-refractivity contribution in [3.8, 4) is 0 Å². The van der Waals surface area contributed by atoms with E-state index < -0.39 is 0 Å². The lowest BCUT2D eigenvalue weighted by Gasteiger charge is -2.31. The molecule has 0 spiro atoms. The maximum Gasteiger partial charge on any atom is 0.309 e. The highest BCUT2D eigenvalue weighted by atomic mass is 79.9. The number of rotatable bonds is 4. The molecule has 5 heteroatoms. The fourth-order valence-electron chi connectivity index (χ4n) is 2.50. The summed E-state index contributed by atoms with van der Waals surface area (Å²) in [5.41, 5.74) is 0.944. The number of ether oxygens (including phenoxy) is 1. The lowest BCUT2D eigenvalue weighted by atomic mass is 9.96. The van der Waals surface area contributed by atoms with Gasteiger partial charge < -0.3 is 4.74 Å². The Morgan fingerprint density at radius 2 is 2.15 bits per heavy atom. The molecule has 0 aliphatic carbocycles. The normalized spacial score (nSPS) is 17.1. The fourth-order valence-corrected chi connectivity index (χ4v) is 2.89. The summed E-state index contributed by atoms with van der Waals surface area (Å²) in [6.07, 6.45) is 1.62. The van der Waals surface area contributed by atoms with Gasteiger partial charge in [-0.3, -0.25) is 9.69 Å². The van der Waals surface area contributed by atoms with E-state index in [0.717, 1.165) is 31.5 Å². The molecule has 1 aliphatic rings. The van der Waals surface area contributed by atoms with Crippen LogP contribution in [0.15, 0.2) is 22.7 Å². The molecule has 0 bridgehead atoms. The Labute approximate surface area is 127 Å². The van der Waals surface area contributed by atoms with Crippen LogP contribution in [-0.2, 0) is 16.1 Å². The Kier molecular flexibility index (Phi) is 5.54. The van der Waals surface area contributed by atoms with Crippen LogP contribution in [0, 0.1) is 11.7 Å². The topological polar surface area (TPSA) is 29.5 Å². The van der Waals surface area contributed by atoms with Crippen LogP contribution in [0.3, 0.4) is 0 Å². The molecule has 0 atom stereocenters. The van der Waals surface area contributed by atoms with Crippen LogP contribution in [0.1, 0.15) is 25.3 Å². The molecule has 1 heterocycles. The Morgan fingerprint density at radius 1 is 1.45 bits per heavy atom. The molecule has 1 aromatic rings. The van der Waals surface area contributed by atoms with E-state index in [1.54, 1.807) is 6.07 Å². The zero-order chi connectivity index (χ0) is 14.5. The third kappa shape index (κ3) is 3.79. The van der Waals surface area contributed by atoms with Crippen molar-refractivity contribution in [1.29, 1.82) is 0 Å². The number of likely N-dealkylation sites (tertiary alicyclic amines) is 1. The van der Waals surface area contributed by atoms with Gasteiger partial charge in [0.15, 0.2) is 0 Å². The summed E-state index contributed by atoms with van der Waals surface area (Å²) < 4.78 is 19.0. The number of piperidine rings is 1. The molecule has 1 saturated heterocycles. The number of halogens is 2. The van der Waals surface area contributed by atoms with Crippen LogP contribution in [0.4, 0.5) is 4.39 Å². The highest BCUT2D eigenvalue weighted by Gasteiger charge is 2.26. The number of hydrogen-bond donors (Lipinski definition) is 0. The van der Waals surface area contributed by atoms with Crippen LogP contribution < -0.4 is 0 Å². The minimum Gasteiger partial charge on any atom is -0.466 e. The van der Waals surface area contributed by atoms with E-state index in [4.69, 9.17) is 4.74 Å². The van der Waals surface area contributed by atoms with Gasteiger partial charge in [-0.15, -0.1) is 0 Å². The fraction of sp³-hybridized carbons (Fsp3) is 0.533. The number of nitrogens with zero attached hydrogens (tertiary/aromatic N) is 1. The van der Waals surface area contributed by atoms with Crippen molar-refractivity contribution >= 4 is 21.9 Å². The summed E-state index contributed by atoms with van der Waals surface area (Å²) in [5, 5.41) is 0. The van der Waals surface area contributed by atoms with Gasteiger partial charge in [0.1, 0.15) is 5.82 Å². The second-order valence-electron chi connectivity index (χ2n) is 5.02. The van der Waals surface area contributed by atoms with Crippen LogP contribution in [0.2, 0.25) is 0 Å². The zero-order valence-electron chi connectivity index (χ0n) is 11.6. The van der Waals surface area contributed by atoms with Crippen LogP contribution in [0.5, 0.6) is 0 Å². The predicted molar refractivity (Wildman–Crippen MR) is 78.7 cm³/mol. The molecule has 0 saturated carbocycles. The van der Waals surface area contributed by atoms with Gasteiger partial charge in [-0.2, -0.15) is 0 Å². The maximum atomic E-state index is 13.5. The first-order valence-corrected chi connectivity index (χ1v) is 7.73. The van der Waals surface area contributed by atoms with Crippen molar-refractivity contribution in [2.45, 2.75) is 26.3 Å². The number of carbonyl (C=O) groups is 1. The summed E-state index contributed by atoms with van der Waals surface area (Å²) in [6, 6.07) is 5.09. The third-order valence-corrected chi connectivity index (χ3v) is 4.52. The van der Waals surface area contributed by atoms with E-state index in [-0.39, 0.29) is 17.7 Å². The van der Waals surface area contributed by atoms with Gasteiger partial charge in [0.05, 0.1) is 17.0 Å². The highest BCUT2D eigenvalue weighted by molar-refractivity contribution is 9.10. The minimum absolute atomic E-state index is 0.0159. The average Bonchev–Trinajstić information content (AvgIpc) is 2.45. The highest BCUT2D eigenvalue weighted by Crippen LogP contribution is 2.25. The average molecular weight is 344 g/mol. The van der Waals surface area contributed by atoms with Crippen LogP contribution >= 0.6 is 15.9 Å². The van der Waals surface area contributed by atoms with Gasteiger partial charge in [-0.05, 0) is 60.4 Å². The summed E-state index contributed by atoms with van der Waals surface area (Å²) in [5.74, 6) is -0.301. The standard InChI is InChI=1S/C15H19BrFNO2/c1-2-20-15(19)11-6-8-18(9-7-11)10-12-4-3-5-13(17)14(12)16/h3-5,11H,2,6-10H2,1H3. The molecule has 3 nitrogen and oxygen atoms in total. The lowest BCUT2D eigenvalue weighted by molar-refractivity contribution is -0.149. The molecule has 0 unspecified atom stereocenters. The quantitative estimate of drug-likeness (QED) is 0.785. The molecule has 20 heavy (non-hydrogen) atoms. The van der Waals surface area contributed by atoms with Gasteiger partial charge in [-0.1, -0.05) is 12.1 Å². The van der Waals surface area contributed by atoms with E-state index in [9.17, 15) is 9.18 Å². The Balaban J connectivity index is 1.88. The second kappa shape index (κ2) is 7.18. The van der Waals surface area contributed by atoms with Gasteiger partial charge in [0.25, 0.3) is 0 Å². The SMILES string of the molecule is CCOC(=O)C1CCN(Cc2cccc(F)c2Br)CC1. The largest absolute Gasteiger partial charge is 0.466 e. The van der Waals surface area contributed by atoms with Crippen molar-refractivity contribution in [3.63, 3.8) is 0 Å². The molecular formula is C15H19BrFNO2. The molecule has 0 aromatic heterocycles. The van der Waals surface area contributed by atoms with E-state index in [2.05, 4.69) is 20.8 Å². The van der Waals surface area contributed by atoms with Gasteiger partial charge in [0.2, 0.25) is 0 Å². The van der Waals surface area contributed by atoms with Crippen molar-refractivity contribution in [3.05, 3.63) is 34.1 Å².